The molecule has 1 saturated heterocycles. The van der Waals surface area contributed by atoms with Crippen LogP contribution < -0.4 is 5.32 Å². The van der Waals surface area contributed by atoms with Gasteiger partial charge in [0.2, 0.25) is 26.0 Å². The van der Waals surface area contributed by atoms with Crippen molar-refractivity contribution in [2.24, 2.45) is 5.92 Å². The molecule has 1 aliphatic rings. The molecule has 174 valence electrons. The van der Waals surface area contributed by atoms with Gasteiger partial charge in [-0.3, -0.25) is 4.79 Å². The van der Waals surface area contributed by atoms with Gasteiger partial charge in [-0.2, -0.15) is 4.31 Å². The zero-order valence-corrected chi connectivity index (χ0v) is 20.5. The maximum Gasteiger partial charge on any atom is 0.243 e. The fraction of sp³-hybridized carbons (Fsp3) is 0.381. The van der Waals surface area contributed by atoms with Gasteiger partial charge >= 0.3 is 0 Å². The second kappa shape index (κ2) is 9.48. The monoisotopic (exact) mass is 499 g/mol. The molecule has 8 nitrogen and oxygen atoms in total. The summed E-state index contributed by atoms with van der Waals surface area (Å²) in [7, 11) is -4.53. The van der Waals surface area contributed by atoms with E-state index in [1.54, 1.807) is 13.0 Å². The van der Waals surface area contributed by atoms with Crippen molar-refractivity contribution in [1.29, 1.82) is 0 Å². The van der Waals surface area contributed by atoms with E-state index in [4.69, 9.17) is 11.6 Å². The number of nitrogens with one attached hydrogen (secondary N) is 1. The predicted molar refractivity (Wildman–Crippen MR) is 124 cm³/mol. The highest BCUT2D eigenvalue weighted by atomic mass is 35.5. The molecule has 1 aliphatic heterocycles. The first kappa shape index (κ1) is 24.7. The van der Waals surface area contributed by atoms with Gasteiger partial charge in [-0.15, -0.1) is 0 Å². The van der Waals surface area contributed by atoms with E-state index in [1.807, 2.05) is 0 Å². The number of aryl methyl sites for hydroxylation is 1. The summed E-state index contributed by atoms with van der Waals surface area (Å²) in [6.07, 6.45) is 1.08. The Morgan fingerprint density at radius 3 is 2.31 bits per heavy atom. The van der Waals surface area contributed by atoms with E-state index in [1.165, 1.54) is 54.8 Å². The van der Waals surface area contributed by atoms with Gasteiger partial charge in [0.05, 0.1) is 15.7 Å². The van der Waals surface area contributed by atoms with Crippen LogP contribution in [0.15, 0.2) is 52.3 Å². The summed E-state index contributed by atoms with van der Waals surface area (Å²) >= 11 is 5.86. The SMILES string of the molecule is Cc1ccc(S(=O)(=O)N(C)C)cc1NC(=O)[C@H]1CCCN(S(=O)(=O)c2ccc(Cl)cc2)C1. The molecular formula is C21H26ClN3O5S2. The Labute approximate surface area is 194 Å². The number of halogens is 1. The Balaban J connectivity index is 1.78. The van der Waals surface area contributed by atoms with Crippen molar-refractivity contribution in [2.75, 3.05) is 32.5 Å². The minimum Gasteiger partial charge on any atom is -0.326 e. The van der Waals surface area contributed by atoms with Crippen LogP contribution in [0.1, 0.15) is 18.4 Å². The van der Waals surface area contributed by atoms with Crippen LogP contribution in [0.2, 0.25) is 5.02 Å². The third kappa shape index (κ3) is 5.15. The molecule has 0 unspecified atom stereocenters. The standard InChI is InChI=1S/C21H26ClN3O5S2/c1-15-6-9-19(31(27,28)24(2)3)13-20(15)23-21(26)16-5-4-12-25(14-16)32(29,30)18-10-7-17(22)8-11-18/h6-11,13,16H,4-5,12,14H2,1-3H3,(H,23,26)/t16-/m0/s1. The van der Waals surface area contributed by atoms with Crippen LogP contribution in [-0.2, 0) is 24.8 Å². The molecule has 1 amide bonds. The number of carbonyl (C=O) groups excluding carboxylic acids is 1. The van der Waals surface area contributed by atoms with Gasteiger partial charge < -0.3 is 5.32 Å². The van der Waals surface area contributed by atoms with Crippen LogP contribution in [0.3, 0.4) is 0 Å². The maximum absolute atomic E-state index is 13.0. The molecule has 1 atom stereocenters. The lowest BCUT2D eigenvalue weighted by Gasteiger charge is -2.31. The predicted octanol–water partition coefficient (Wildman–Crippen LogP) is 2.94. The molecule has 2 aromatic carbocycles. The van der Waals surface area contributed by atoms with E-state index in [9.17, 15) is 21.6 Å². The summed E-state index contributed by atoms with van der Waals surface area (Å²) in [5.74, 6) is -0.900. The Bertz CT molecular complexity index is 1210. The summed E-state index contributed by atoms with van der Waals surface area (Å²) < 4.78 is 53.2. The topological polar surface area (TPSA) is 104 Å². The van der Waals surface area contributed by atoms with E-state index in [0.717, 1.165) is 4.31 Å². The van der Waals surface area contributed by atoms with Crippen LogP contribution in [0, 0.1) is 12.8 Å². The van der Waals surface area contributed by atoms with E-state index >= 15 is 0 Å². The van der Waals surface area contributed by atoms with E-state index in [0.29, 0.717) is 35.7 Å². The van der Waals surface area contributed by atoms with Gasteiger partial charge in [0.1, 0.15) is 0 Å². The number of amides is 1. The fourth-order valence-corrected chi connectivity index (χ4v) is 6.05. The van der Waals surface area contributed by atoms with Gasteiger partial charge in [0.25, 0.3) is 0 Å². The van der Waals surface area contributed by atoms with Gasteiger partial charge in [-0.05, 0) is 61.7 Å². The Kier molecular flexibility index (Phi) is 7.31. The van der Waals surface area contributed by atoms with Crippen molar-refractivity contribution in [2.45, 2.75) is 29.6 Å². The van der Waals surface area contributed by atoms with Gasteiger partial charge in [0.15, 0.2) is 0 Å². The molecule has 0 saturated carbocycles. The molecule has 0 radical (unpaired) electrons. The Hall–Kier alpha value is -1.98. The van der Waals surface area contributed by atoms with Crippen molar-refractivity contribution >= 4 is 43.2 Å². The zero-order valence-electron chi connectivity index (χ0n) is 18.1. The molecule has 2 aromatic rings. The molecule has 1 fully saturated rings. The Morgan fingerprint density at radius 2 is 1.69 bits per heavy atom. The van der Waals surface area contributed by atoms with Crippen molar-refractivity contribution in [3.63, 3.8) is 0 Å². The number of carbonyl (C=O) groups is 1. The maximum atomic E-state index is 13.0. The summed E-state index contributed by atoms with van der Waals surface area (Å²) in [4.78, 5) is 13.2. The van der Waals surface area contributed by atoms with E-state index in [2.05, 4.69) is 5.32 Å². The number of benzene rings is 2. The second-order valence-electron chi connectivity index (χ2n) is 7.91. The van der Waals surface area contributed by atoms with Crippen molar-refractivity contribution < 1.29 is 21.6 Å². The van der Waals surface area contributed by atoms with Crippen LogP contribution in [0.4, 0.5) is 5.69 Å². The van der Waals surface area contributed by atoms with Crippen molar-refractivity contribution in [1.82, 2.24) is 8.61 Å². The second-order valence-corrected chi connectivity index (χ2v) is 12.4. The summed E-state index contributed by atoms with van der Waals surface area (Å²) in [5, 5.41) is 3.23. The molecule has 1 heterocycles. The van der Waals surface area contributed by atoms with Gasteiger partial charge in [0, 0.05) is 37.9 Å². The summed E-state index contributed by atoms with van der Waals surface area (Å²) in [5.41, 5.74) is 1.09. The zero-order chi connectivity index (χ0) is 23.7. The lowest BCUT2D eigenvalue weighted by molar-refractivity contribution is -0.120. The first-order valence-electron chi connectivity index (χ1n) is 10.0. The highest BCUT2D eigenvalue weighted by Crippen LogP contribution is 2.27. The number of sulfonamides is 2. The minimum absolute atomic E-state index is 0.0472. The smallest absolute Gasteiger partial charge is 0.243 e. The normalized spacial score (nSPS) is 18.0. The number of hydrogen-bond donors (Lipinski definition) is 1. The third-order valence-electron chi connectivity index (χ3n) is 5.45. The van der Waals surface area contributed by atoms with Crippen LogP contribution >= 0.6 is 11.6 Å². The van der Waals surface area contributed by atoms with Crippen molar-refractivity contribution in [3.05, 3.63) is 53.1 Å². The number of anilines is 1. The first-order chi connectivity index (χ1) is 14.9. The highest BCUT2D eigenvalue weighted by molar-refractivity contribution is 7.89. The third-order valence-corrected chi connectivity index (χ3v) is 9.39. The van der Waals surface area contributed by atoms with Gasteiger partial charge in [-0.1, -0.05) is 17.7 Å². The first-order valence-corrected chi connectivity index (χ1v) is 13.3. The molecule has 0 bridgehead atoms. The molecule has 1 N–H and O–H groups in total. The molecule has 11 heteroatoms. The molecular weight excluding hydrogens is 474 g/mol. The van der Waals surface area contributed by atoms with Crippen LogP contribution in [-0.4, -0.2) is 58.5 Å². The minimum atomic E-state index is -3.75. The summed E-state index contributed by atoms with van der Waals surface area (Å²) in [6.45, 7) is 2.13. The quantitative estimate of drug-likeness (QED) is 0.658. The fourth-order valence-electron chi connectivity index (χ4n) is 3.47. The molecule has 0 spiro atoms. The van der Waals surface area contributed by atoms with E-state index < -0.39 is 26.0 Å². The van der Waals surface area contributed by atoms with Crippen molar-refractivity contribution in [3.8, 4) is 0 Å². The Morgan fingerprint density at radius 1 is 1.06 bits per heavy atom. The average molecular weight is 500 g/mol. The lowest BCUT2D eigenvalue weighted by atomic mass is 9.98. The number of nitrogens with zero attached hydrogens (tertiary/aromatic N) is 2. The highest BCUT2D eigenvalue weighted by Gasteiger charge is 2.33. The summed E-state index contributed by atoms with van der Waals surface area (Å²) in [6, 6.07) is 10.5. The lowest BCUT2D eigenvalue weighted by Crippen LogP contribution is -2.43. The number of rotatable bonds is 6. The number of hydrogen-bond acceptors (Lipinski definition) is 5. The number of piperidine rings is 1. The molecule has 0 aromatic heterocycles. The largest absolute Gasteiger partial charge is 0.326 e. The van der Waals surface area contributed by atoms with Gasteiger partial charge in [-0.25, -0.2) is 21.1 Å². The van der Waals surface area contributed by atoms with Crippen LogP contribution in [0.5, 0.6) is 0 Å². The average Bonchev–Trinajstić information content (AvgIpc) is 2.75. The van der Waals surface area contributed by atoms with Crippen LogP contribution in [0.25, 0.3) is 0 Å². The van der Waals surface area contributed by atoms with E-state index in [-0.39, 0.29) is 22.2 Å². The molecule has 0 aliphatic carbocycles. The molecule has 32 heavy (non-hydrogen) atoms. The molecule has 3 rings (SSSR count).